The Morgan fingerprint density at radius 1 is 1.25 bits per heavy atom. The molecule has 0 fully saturated rings. The van der Waals surface area contributed by atoms with Crippen LogP contribution >= 0.6 is 0 Å². The molecule has 3 nitrogen and oxygen atoms in total. The molecule has 1 aromatic rings. The van der Waals surface area contributed by atoms with Crippen LogP contribution in [-0.4, -0.2) is 21.2 Å². The van der Waals surface area contributed by atoms with Crippen LogP contribution in [0.5, 0.6) is 0 Å². The van der Waals surface area contributed by atoms with Gasteiger partial charge in [-0.3, -0.25) is 0 Å². The molecule has 1 N–H and O–H groups in total. The van der Waals surface area contributed by atoms with Crippen molar-refractivity contribution in [2.24, 2.45) is 0 Å². The van der Waals surface area contributed by atoms with E-state index in [1.54, 1.807) is 0 Å². The fourth-order valence-corrected chi connectivity index (χ4v) is 4.41. The van der Waals surface area contributed by atoms with Gasteiger partial charge in [0.1, 0.15) is 0 Å². The maximum Gasteiger partial charge on any atom is 0.179 e. The Labute approximate surface area is 96.8 Å². The van der Waals surface area contributed by atoms with Gasteiger partial charge >= 0.3 is 0 Å². The molecule has 1 aliphatic rings. The fraction of sp³-hybridized carbons (Fsp3) is 0.500. The Balaban J connectivity index is 2.78. The molecule has 1 heterocycles. The van der Waals surface area contributed by atoms with Gasteiger partial charge in [0, 0.05) is 6.04 Å². The highest BCUT2D eigenvalue weighted by atomic mass is 32.2. The van der Waals surface area contributed by atoms with E-state index in [4.69, 9.17) is 0 Å². The summed E-state index contributed by atoms with van der Waals surface area (Å²) < 4.78 is 24.2. The van der Waals surface area contributed by atoms with Gasteiger partial charge in [0.05, 0.1) is 10.6 Å². The third-order valence-electron chi connectivity index (χ3n) is 3.29. The third kappa shape index (κ3) is 1.66. The minimum atomic E-state index is -3.08. The Kier molecular flexibility index (Phi) is 2.80. The van der Waals surface area contributed by atoms with Crippen LogP contribution in [-0.2, 0) is 9.84 Å². The van der Waals surface area contributed by atoms with Crippen LogP contribution in [0.25, 0.3) is 0 Å². The standard InChI is InChI=1S/C12H17NO2S/c1-8-4-5-9(2)12-11(8)10(13-3)6-7-16(12,14)15/h4-5,10,13H,6-7H2,1-3H3. The summed E-state index contributed by atoms with van der Waals surface area (Å²) in [5.74, 6) is 0.246. The van der Waals surface area contributed by atoms with Crippen LogP contribution in [0.3, 0.4) is 0 Å². The van der Waals surface area contributed by atoms with Crippen LogP contribution in [0.15, 0.2) is 17.0 Å². The Hall–Kier alpha value is -0.870. The molecule has 1 atom stereocenters. The van der Waals surface area contributed by atoms with Crippen molar-refractivity contribution in [2.45, 2.75) is 31.2 Å². The number of benzene rings is 1. The average molecular weight is 239 g/mol. The molecule has 0 radical (unpaired) electrons. The van der Waals surface area contributed by atoms with Crippen LogP contribution < -0.4 is 5.32 Å². The molecule has 1 aromatic carbocycles. The first-order valence-electron chi connectivity index (χ1n) is 5.47. The van der Waals surface area contributed by atoms with Crippen molar-refractivity contribution in [1.82, 2.24) is 5.32 Å². The first-order chi connectivity index (χ1) is 7.47. The first-order valence-corrected chi connectivity index (χ1v) is 7.12. The maximum atomic E-state index is 12.1. The summed E-state index contributed by atoms with van der Waals surface area (Å²) >= 11 is 0. The molecular weight excluding hydrogens is 222 g/mol. The van der Waals surface area contributed by atoms with Crippen molar-refractivity contribution in [2.75, 3.05) is 12.8 Å². The zero-order chi connectivity index (χ0) is 11.9. The zero-order valence-electron chi connectivity index (χ0n) is 9.87. The summed E-state index contributed by atoms with van der Waals surface area (Å²) in [7, 11) is -1.20. The van der Waals surface area contributed by atoms with Crippen LogP contribution in [0.4, 0.5) is 0 Å². The molecule has 0 saturated heterocycles. The van der Waals surface area contributed by atoms with Gasteiger partial charge in [-0.15, -0.1) is 0 Å². The van der Waals surface area contributed by atoms with Gasteiger partial charge in [-0.2, -0.15) is 0 Å². The summed E-state index contributed by atoms with van der Waals surface area (Å²) in [5, 5.41) is 3.20. The van der Waals surface area contributed by atoms with E-state index in [1.165, 1.54) is 0 Å². The average Bonchev–Trinajstić information content (AvgIpc) is 2.23. The molecule has 0 aliphatic carbocycles. The maximum absolute atomic E-state index is 12.1. The molecule has 0 aromatic heterocycles. The number of nitrogens with one attached hydrogen (secondary N) is 1. The highest BCUT2D eigenvalue weighted by Crippen LogP contribution is 2.36. The van der Waals surface area contributed by atoms with E-state index in [1.807, 2.05) is 33.0 Å². The second kappa shape index (κ2) is 3.86. The van der Waals surface area contributed by atoms with Gasteiger partial charge in [-0.05, 0) is 44.0 Å². The Morgan fingerprint density at radius 3 is 2.50 bits per heavy atom. The second-order valence-corrected chi connectivity index (χ2v) is 6.44. The van der Waals surface area contributed by atoms with Crippen molar-refractivity contribution in [3.8, 4) is 0 Å². The predicted octanol–water partition coefficient (Wildman–Crippen LogP) is 1.74. The molecule has 2 rings (SSSR count). The molecule has 1 aliphatic heterocycles. The number of rotatable bonds is 1. The molecule has 0 bridgehead atoms. The monoisotopic (exact) mass is 239 g/mol. The number of sulfone groups is 1. The minimum Gasteiger partial charge on any atom is -0.313 e. The van der Waals surface area contributed by atoms with Crippen molar-refractivity contribution < 1.29 is 8.42 Å². The lowest BCUT2D eigenvalue weighted by Gasteiger charge is -2.28. The van der Waals surface area contributed by atoms with Gasteiger partial charge in [0.25, 0.3) is 0 Å². The topological polar surface area (TPSA) is 46.2 Å². The van der Waals surface area contributed by atoms with E-state index in [-0.39, 0.29) is 11.8 Å². The second-order valence-electron chi connectivity index (χ2n) is 4.39. The smallest absolute Gasteiger partial charge is 0.179 e. The van der Waals surface area contributed by atoms with Crippen LogP contribution in [0.1, 0.15) is 29.2 Å². The summed E-state index contributed by atoms with van der Waals surface area (Å²) in [6.07, 6.45) is 0.663. The highest BCUT2D eigenvalue weighted by molar-refractivity contribution is 7.91. The van der Waals surface area contributed by atoms with Crippen LogP contribution in [0.2, 0.25) is 0 Å². The molecule has 88 valence electrons. The summed E-state index contributed by atoms with van der Waals surface area (Å²) in [5.41, 5.74) is 2.89. The third-order valence-corrected chi connectivity index (χ3v) is 5.23. The van der Waals surface area contributed by atoms with Gasteiger partial charge in [-0.25, -0.2) is 8.42 Å². The lowest BCUT2D eigenvalue weighted by molar-refractivity contribution is 0.525. The van der Waals surface area contributed by atoms with Crippen LogP contribution in [0, 0.1) is 13.8 Å². The van der Waals surface area contributed by atoms with Gasteiger partial charge < -0.3 is 5.32 Å². The molecule has 16 heavy (non-hydrogen) atoms. The van der Waals surface area contributed by atoms with E-state index in [2.05, 4.69) is 5.32 Å². The molecule has 4 heteroatoms. The van der Waals surface area contributed by atoms with Crippen molar-refractivity contribution in [1.29, 1.82) is 0 Å². The zero-order valence-corrected chi connectivity index (χ0v) is 10.7. The minimum absolute atomic E-state index is 0.165. The summed E-state index contributed by atoms with van der Waals surface area (Å²) in [6.45, 7) is 3.84. The predicted molar refractivity (Wildman–Crippen MR) is 64.4 cm³/mol. The number of fused-ring (bicyclic) bond motifs is 1. The van der Waals surface area contributed by atoms with E-state index in [0.717, 1.165) is 16.7 Å². The molecule has 0 saturated carbocycles. The summed E-state index contributed by atoms with van der Waals surface area (Å²) in [4.78, 5) is 0.554. The number of hydrogen-bond acceptors (Lipinski definition) is 3. The van der Waals surface area contributed by atoms with Crippen molar-refractivity contribution in [3.63, 3.8) is 0 Å². The van der Waals surface area contributed by atoms with Gasteiger partial charge in [0.2, 0.25) is 0 Å². The number of hydrogen-bond donors (Lipinski definition) is 1. The van der Waals surface area contributed by atoms with E-state index >= 15 is 0 Å². The molecule has 0 spiro atoms. The van der Waals surface area contributed by atoms with Gasteiger partial charge in [0.15, 0.2) is 9.84 Å². The lowest BCUT2D eigenvalue weighted by atomic mass is 9.96. The number of aryl methyl sites for hydroxylation is 2. The highest BCUT2D eigenvalue weighted by Gasteiger charge is 2.31. The normalized spacial score (nSPS) is 22.8. The quantitative estimate of drug-likeness (QED) is 0.812. The SMILES string of the molecule is CNC1CCS(=O)(=O)c2c(C)ccc(C)c21. The molecular formula is C12H17NO2S. The molecule has 0 amide bonds. The Bertz CT molecular complexity index is 520. The first kappa shape index (κ1) is 11.6. The van der Waals surface area contributed by atoms with Crippen molar-refractivity contribution in [3.05, 3.63) is 28.8 Å². The Morgan fingerprint density at radius 2 is 1.88 bits per heavy atom. The van der Waals surface area contributed by atoms with E-state index in [9.17, 15) is 8.42 Å². The van der Waals surface area contributed by atoms with Crippen molar-refractivity contribution >= 4 is 9.84 Å². The van der Waals surface area contributed by atoms with E-state index < -0.39 is 9.84 Å². The molecule has 1 unspecified atom stereocenters. The lowest BCUT2D eigenvalue weighted by Crippen LogP contribution is -2.29. The largest absolute Gasteiger partial charge is 0.313 e. The van der Waals surface area contributed by atoms with Gasteiger partial charge in [-0.1, -0.05) is 12.1 Å². The fourth-order valence-electron chi connectivity index (χ4n) is 2.46. The van der Waals surface area contributed by atoms with E-state index in [0.29, 0.717) is 11.3 Å². The summed E-state index contributed by atoms with van der Waals surface area (Å²) in [6, 6.07) is 4.06.